The molecule has 0 amide bonds. The van der Waals surface area contributed by atoms with Crippen LogP contribution in [0.15, 0.2) is 18.2 Å². The molecule has 4 heteroatoms. The highest BCUT2D eigenvalue weighted by atomic mass is 19.1. The van der Waals surface area contributed by atoms with Crippen LogP contribution in [0.3, 0.4) is 0 Å². The zero-order chi connectivity index (χ0) is 12.1. The third-order valence-corrected chi connectivity index (χ3v) is 3.21. The summed E-state index contributed by atoms with van der Waals surface area (Å²) in [5.41, 5.74) is 0.402. The van der Waals surface area contributed by atoms with Gasteiger partial charge in [0, 0.05) is 12.1 Å². The van der Waals surface area contributed by atoms with E-state index in [2.05, 4.69) is 10.6 Å². The fourth-order valence-electron chi connectivity index (χ4n) is 2.18. The van der Waals surface area contributed by atoms with Crippen LogP contribution in [0.1, 0.15) is 18.4 Å². The predicted molar refractivity (Wildman–Crippen MR) is 63.7 cm³/mol. The van der Waals surface area contributed by atoms with E-state index in [9.17, 15) is 8.78 Å². The Bertz CT molecular complexity index is 362. The maximum Gasteiger partial charge on any atom is 0.127 e. The van der Waals surface area contributed by atoms with E-state index in [-0.39, 0.29) is 11.6 Å². The lowest BCUT2D eigenvalue weighted by Gasteiger charge is -2.22. The van der Waals surface area contributed by atoms with Crippen molar-refractivity contribution in [2.75, 3.05) is 19.6 Å². The molecule has 1 fully saturated rings. The van der Waals surface area contributed by atoms with E-state index >= 15 is 0 Å². The number of hydrogen-bond donors (Lipinski definition) is 2. The molecule has 0 radical (unpaired) electrons. The van der Waals surface area contributed by atoms with E-state index in [1.54, 1.807) is 0 Å². The average molecular weight is 240 g/mol. The van der Waals surface area contributed by atoms with Crippen LogP contribution in [-0.2, 0) is 6.54 Å². The van der Waals surface area contributed by atoms with Crippen LogP contribution >= 0.6 is 0 Å². The molecule has 1 aliphatic heterocycles. The van der Waals surface area contributed by atoms with Crippen molar-refractivity contribution in [3.8, 4) is 0 Å². The van der Waals surface area contributed by atoms with Gasteiger partial charge in [-0.05, 0) is 56.6 Å². The normalized spacial score (nSPS) is 17.3. The molecule has 0 atom stereocenters. The highest BCUT2D eigenvalue weighted by Crippen LogP contribution is 2.12. The topological polar surface area (TPSA) is 24.1 Å². The van der Waals surface area contributed by atoms with Gasteiger partial charge in [0.15, 0.2) is 0 Å². The summed E-state index contributed by atoms with van der Waals surface area (Å²) >= 11 is 0. The zero-order valence-electron chi connectivity index (χ0n) is 9.81. The number of rotatable bonds is 4. The second kappa shape index (κ2) is 6.07. The van der Waals surface area contributed by atoms with Crippen molar-refractivity contribution in [2.24, 2.45) is 5.92 Å². The molecule has 1 aliphatic rings. The van der Waals surface area contributed by atoms with Crippen molar-refractivity contribution in [1.82, 2.24) is 10.6 Å². The molecule has 1 aromatic carbocycles. The summed E-state index contributed by atoms with van der Waals surface area (Å²) < 4.78 is 26.2. The third kappa shape index (κ3) is 3.75. The zero-order valence-corrected chi connectivity index (χ0v) is 9.81. The summed E-state index contributed by atoms with van der Waals surface area (Å²) in [7, 11) is 0. The molecule has 0 spiro atoms. The van der Waals surface area contributed by atoms with Crippen molar-refractivity contribution in [3.05, 3.63) is 35.4 Å². The molecule has 1 saturated heterocycles. The second-order valence-corrected chi connectivity index (χ2v) is 4.56. The quantitative estimate of drug-likeness (QED) is 0.841. The second-order valence-electron chi connectivity index (χ2n) is 4.56. The van der Waals surface area contributed by atoms with Crippen molar-refractivity contribution < 1.29 is 8.78 Å². The molecule has 17 heavy (non-hydrogen) atoms. The molecule has 2 N–H and O–H groups in total. The summed E-state index contributed by atoms with van der Waals surface area (Å²) in [5.74, 6) is -0.0813. The smallest absolute Gasteiger partial charge is 0.127 e. The number of hydrogen-bond acceptors (Lipinski definition) is 2. The van der Waals surface area contributed by atoms with E-state index in [1.807, 2.05) is 0 Å². The molecule has 2 rings (SSSR count). The van der Waals surface area contributed by atoms with Gasteiger partial charge in [0.2, 0.25) is 0 Å². The van der Waals surface area contributed by atoms with Gasteiger partial charge in [-0.1, -0.05) is 0 Å². The lowest BCUT2D eigenvalue weighted by molar-refractivity contribution is 0.355. The molecular weight excluding hydrogens is 222 g/mol. The predicted octanol–water partition coefficient (Wildman–Crippen LogP) is 2.05. The largest absolute Gasteiger partial charge is 0.317 e. The van der Waals surface area contributed by atoms with Crippen molar-refractivity contribution >= 4 is 0 Å². The third-order valence-electron chi connectivity index (χ3n) is 3.21. The van der Waals surface area contributed by atoms with Gasteiger partial charge in [-0.2, -0.15) is 0 Å². The Balaban J connectivity index is 1.79. The first-order valence-electron chi connectivity index (χ1n) is 6.11. The minimum atomic E-state index is -0.384. The van der Waals surface area contributed by atoms with Gasteiger partial charge in [-0.15, -0.1) is 0 Å². The van der Waals surface area contributed by atoms with E-state index in [1.165, 1.54) is 12.1 Å². The molecule has 0 aliphatic carbocycles. The van der Waals surface area contributed by atoms with Crippen molar-refractivity contribution in [1.29, 1.82) is 0 Å². The molecule has 0 unspecified atom stereocenters. The van der Waals surface area contributed by atoms with E-state index in [0.717, 1.165) is 38.5 Å². The van der Waals surface area contributed by atoms with Crippen molar-refractivity contribution in [2.45, 2.75) is 19.4 Å². The number of halogens is 2. The lowest BCUT2D eigenvalue weighted by atomic mass is 9.98. The fraction of sp³-hybridized carbons (Fsp3) is 0.538. The summed E-state index contributed by atoms with van der Waals surface area (Å²) in [6.07, 6.45) is 2.30. The van der Waals surface area contributed by atoms with Crippen LogP contribution in [0.2, 0.25) is 0 Å². The highest BCUT2D eigenvalue weighted by molar-refractivity contribution is 5.18. The van der Waals surface area contributed by atoms with Gasteiger partial charge in [0.05, 0.1) is 0 Å². The summed E-state index contributed by atoms with van der Waals surface area (Å²) in [4.78, 5) is 0. The number of benzene rings is 1. The SMILES string of the molecule is Fc1ccc(F)c(CNCC2CCNCC2)c1. The molecule has 1 aromatic rings. The van der Waals surface area contributed by atoms with Crippen LogP contribution in [0.25, 0.3) is 0 Å². The number of nitrogens with one attached hydrogen (secondary N) is 2. The Labute approximate surface area is 100 Å². The Kier molecular flexibility index (Phi) is 4.45. The summed E-state index contributed by atoms with van der Waals surface area (Å²) in [6.45, 7) is 3.38. The lowest BCUT2D eigenvalue weighted by Crippen LogP contribution is -2.33. The first-order valence-corrected chi connectivity index (χ1v) is 6.11. The fourth-order valence-corrected chi connectivity index (χ4v) is 2.18. The van der Waals surface area contributed by atoms with Crippen LogP contribution in [-0.4, -0.2) is 19.6 Å². The van der Waals surface area contributed by atoms with Crippen LogP contribution < -0.4 is 10.6 Å². The highest BCUT2D eigenvalue weighted by Gasteiger charge is 2.12. The molecule has 2 nitrogen and oxygen atoms in total. The van der Waals surface area contributed by atoms with Gasteiger partial charge in [-0.25, -0.2) is 8.78 Å². The molecule has 0 saturated carbocycles. The molecule has 0 bridgehead atoms. The summed E-state index contributed by atoms with van der Waals surface area (Å²) in [5, 5.41) is 6.51. The van der Waals surface area contributed by atoms with Gasteiger partial charge in [-0.3, -0.25) is 0 Å². The maximum atomic E-state index is 13.3. The minimum Gasteiger partial charge on any atom is -0.317 e. The first-order chi connectivity index (χ1) is 8.25. The van der Waals surface area contributed by atoms with Crippen LogP contribution in [0.4, 0.5) is 8.78 Å². The van der Waals surface area contributed by atoms with Gasteiger partial charge in [0.1, 0.15) is 11.6 Å². The van der Waals surface area contributed by atoms with Gasteiger partial charge in [0.25, 0.3) is 0 Å². The van der Waals surface area contributed by atoms with Gasteiger partial charge < -0.3 is 10.6 Å². The summed E-state index contributed by atoms with van der Waals surface area (Å²) in [6, 6.07) is 3.58. The Morgan fingerprint density at radius 3 is 2.76 bits per heavy atom. The Hall–Kier alpha value is -1.00. The molecule has 94 valence electrons. The number of piperidine rings is 1. The molecule has 1 heterocycles. The first kappa shape index (κ1) is 12.5. The Morgan fingerprint density at radius 2 is 2.00 bits per heavy atom. The van der Waals surface area contributed by atoms with Crippen LogP contribution in [0.5, 0.6) is 0 Å². The Morgan fingerprint density at radius 1 is 1.24 bits per heavy atom. The van der Waals surface area contributed by atoms with Crippen molar-refractivity contribution in [3.63, 3.8) is 0 Å². The minimum absolute atomic E-state index is 0.343. The molecular formula is C13H18F2N2. The maximum absolute atomic E-state index is 13.3. The standard InChI is InChI=1S/C13H18F2N2/c14-12-1-2-13(15)11(7-12)9-17-8-10-3-5-16-6-4-10/h1-2,7,10,16-17H,3-6,8-9H2. The van der Waals surface area contributed by atoms with Crippen LogP contribution in [0, 0.1) is 17.6 Å². The monoisotopic (exact) mass is 240 g/mol. The van der Waals surface area contributed by atoms with Gasteiger partial charge >= 0.3 is 0 Å². The van der Waals surface area contributed by atoms with E-state index in [0.29, 0.717) is 18.0 Å². The van der Waals surface area contributed by atoms with E-state index < -0.39 is 0 Å². The average Bonchev–Trinajstić information content (AvgIpc) is 2.35. The van der Waals surface area contributed by atoms with E-state index in [4.69, 9.17) is 0 Å². The molecule has 0 aromatic heterocycles.